The first-order valence-corrected chi connectivity index (χ1v) is 11.6. The molecule has 0 radical (unpaired) electrons. The molecule has 0 aromatic heterocycles. The van der Waals surface area contributed by atoms with Crippen molar-refractivity contribution in [3.63, 3.8) is 0 Å². The van der Waals surface area contributed by atoms with Crippen LogP contribution in [0.25, 0.3) is 0 Å². The molecule has 0 N–H and O–H groups in total. The van der Waals surface area contributed by atoms with Crippen molar-refractivity contribution in [1.82, 2.24) is 4.90 Å². The highest BCUT2D eigenvalue weighted by atomic mass is 35.5. The van der Waals surface area contributed by atoms with Gasteiger partial charge in [0.25, 0.3) is 11.8 Å². The molecule has 3 aromatic carbocycles. The molecule has 0 unspecified atom stereocenters. The highest BCUT2D eigenvalue weighted by Gasteiger charge is 2.59. The minimum Gasteiger partial charge on any atom is -0.311 e. The zero-order valence-electron chi connectivity index (χ0n) is 17.0. The maximum atomic E-state index is 14.0. The molecular formula is C25H21ClN2O2S. The molecule has 1 fully saturated rings. The first-order valence-electron chi connectivity index (χ1n) is 10.2. The quantitative estimate of drug-likeness (QED) is 0.550. The number of thioether (sulfide) groups is 1. The molecule has 2 amide bonds. The van der Waals surface area contributed by atoms with Gasteiger partial charge < -0.3 is 9.80 Å². The van der Waals surface area contributed by atoms with E-state index in [4.69, 9.17) is 11.6 Å². The van der Waals surface area contributed by atoms with Crippen LogP contribution in [0.1, 0.15) is 27.0 Å². The van der Waals surface area contributed by atoms with E-state index < -0.39 is 4.87 Å². The average molecular weight is 449 g/mol. The van der Waals surface area contributed by atoms with Crippen molar-refractivity contribution in [2.75, 3.05) is 17.2 Å². The number of anilines is 1. The van der Waals surface area contributed by atoms with Crippen molar-refractivity contribution in [3.8, 4) is 0 Å². The Kier molecular flexibility index (Phi) is 5.03. The summed E-state index contributed by atoms with van der Waals surface area (Å²) in [4.78, 5) is 29.9. The number of carbonyl (C=O) groups is 2. The van der Waals surface area contributed by atoms with Gasteiger partial charge in [-0.3, -0.25) is 9.59 Å². The first-order chi connectivity index (χ1) is 15.0. The fraction of sp³-hybridized carbons (Fsp3) is 0.200. The van der Waals surface area contributed by atoms with E-state index >= 15 is 0 Å². The van der Waals surface area contributed by atoms with Crippen molar-refractivity contribution >= 4 is 40.9 Å². The molecule has 2 heterocycles. The fourth-order valence-corrected chi connectivity index (χ4v) is 5.99. The van der Waals surface area contributed by atoms with Crippen molar-refractivity contribution in [3.05, 3.63) is 100 Å². The molecule has 0 bridgehead atoms. The largest absolute Gasteiger partial charge is 0.311 e. The van der Waals surface area contributed by atoms with E-state index in [0.29, 0.717) is 29.4 Å². The Balaban J connectivity index is 1.60. The summed E-state index contributed by atoms with van der Waals surface area (Å²) in [5.41, 5.74) is 4.32. The highest BCUT2D eigenvalue weighted by molar-refractivity contribution is 8.01. The smallest absolute Gasteiger partial charge is 0.268 e. The van der Waals surface area contributed by atoms with Gasteiger partial charge in [0.05, 0.1) is 12.2 Å². The molecule has 0 saturated carbocycles. The lowest BCUT2D eigenvalue weighted by Gasteiger charge is -2.33. The number of aryl methyl sites for hydroxylation is 1. The van der Waals surface area contributed by atoms with Gasteiger partial charge in [0.1, 0.15) is 0 Å². The second kappa shape index (κ2) is 7.74. The van der Waals surface area contributed by atoms with E-state index in [0.717, 1.165) is 22.4 Å². The minimum atomic E-state index is -1.09. The van der Waals surface area contributed by atoms with E-state index in [1.165, 1.54) is 11.8 Å². The minimum absolute atomic E-state index is 0.0865. The van der Waals surface area contributed by atoms with Gasteiger partial charge in [0.15, 0.2) is 4.87 Å². The number of hydrogen-bond acceptors (Lipinski definition) is 3. The lowest BCUT2D eigenvalue weighted by Crippen LogP contribution is -2.50. The highest BCUT2D eigenvalue weighted by Crippen LogP contribution is 2.55. The van der Waals surface area contributed by atoms with E-state index in [2.05, 4.69) is 0 Å². The Morgan fingerprint density at radius 3 is 2.55 bits per heavy atom. The summed E-state index contributed by atoms with van der Waals surface area (Å²) in [5.74, 6) is 0.469. The maximum Gasteiger partial charge on any atom is 0.268 e. The van der Waals surface area contributed by atoms with Gasteiger partial charge in [-0.05, 0) is 42.8 Å². The standard InChI is InChI=1S/C25H21ClN2O2S/c1-17-7-9-19(10-8-17)23(29)28-13-14-31-25(28)21-15-20(26)11-12-22(21)27(24(25)30)16-18-5-3-2-4-6-18/h2-12,15H,13-14,16H2,1H3/t25-/m1/s1. The summed E-state index contributed by atoms with van der Waals surface area (Å²) >= 11 is 7.88. The summed E-state index contributed by atoms with van der Waals surface area (Å²) in [7, 11) is 0. The number of fused-ring (bicyclic) bond motifs is 2. The van der Waals surface area contributed by atoms with Crippen molar-refractivity contribution in [2.24, 2.45) is 0 Å². The van der Waals surface area contributed by atoms with Gasteiger partial charge in [0.2, 0.25) is 0 Å². The third-order valence-electron chi connectivity index (χ3n) is 5.88. The predicted octanol–water partition coefficient (Wildman–Crippen LogP) is 5.24. The van der Waals surface area contributed by atoms with Gasteiger partial charge in [-0.25, -0.2) is 0 Å². The molecule has 156 valence electrons. The molecule has 6 heteroatoms. The third-order valence-corrected chi connectivity index (χ3v) is 7.54. The second-order valence-electron chi connectivity index (χ2n) is 7.85. The first kappa shape index (κ1) is 20.2. The Labute approximate surface area is 190 Å². The monoisotopic (exact) mass is 448 g/mol. The molecule has 31 heavy (non-hydrogen) atoms. The molecule has 1 spiro atoms. The maximum absolute atomic E-state index is 14.0. The van der Waals surface area contributed by atoms with Crippen LogP contribution in [0.5, 0.6) is 0 Å². The van der Waals surface area contributed by atoms with Crippen LogP contribution in [0.3, 0.4) is 0 Å². The van der Waals surface area contributed by atoms with Crippen LogP contribution in [0.2, 0.25) is 5.02 Å². The molecule has 2 aliphatic heterocycles. The second-order valence-corrected chi connectivity index (χ2v) is 9.58. The van der Waals surface area contributed by atoms with Crippen LogP contribution in [0.15, 0.2) is 72.8 Å². The normalized spacial score (nSPS) is 19.9. The SMILES string of the molecule is Cc1ccc(C(=O)N2CCS[C@]23C(=O)N(Cc2ccccc2)c2ccc(Cl)cc23)cc1. The number of nitrogens with zero attached hydrogens (tertiary/aromatic N) is 2. The Bertz CT molecular complexity index is 1170. The van der Waals surface area contributed by atoms with Gasteiger partial charge in [-0.15, -0.1) is 11.8 Å². The van der Waals surface area contributed by atoms with Gasteiger partial charge >= 0.3 is 0 Å². The molecule has 1 atom stereocenters. The zero-order chi connectivity index (χ0) is 21.6. The van der Waals surface area contributed by atoms with Crippen LogP contribution in [0, 0.1) is 6.92 Å². The van der Waals surface area contributed by atoms with Crippen molar-refractivity contribution < 1.29 is 9.59 Å². The Hall–Kier alpha value is -2.76. The molecular weight excluding hydrogens is 428 g/mol. The molecule has 4 nitrogen and oxygen atoms in total. The number of amides is 2. The topological polar surface area (TPSA) is 40.6 Å². The van der Waals surface area contributed by atoms with Gasteiger partial charge in [-0.2, -0.15) is 0 Å². The van der Waals surface area contributed by atoms with Crippen LogP contribution >= 0.6 is 23.4 Å². The number of hydrogen-bond donors (Lipinski definition) is 0. The zero-order valence-corrected chi connectivity index (χ0v) is 18.6. The molecule has 3 aromatic rings. The average Bonchev–Trinajstić information content (AvgIpc) is 3.32. The molecule has 5 rings (SSSR count). The van der Waals surface area contributed by atoms with Gasteiger partial charge in [0, 0.05) is 28.4 Å². The lowest BCUT2D eigenvalue weighted by molar-refractivity contribution is -0.123. The van der Waals surface area contributed by atoms with Crippen molar-refractivity contribution in [2.45, 2.75) is 18.3 Å². The number of carbonyl (C=O) groups excluding carboxylic acids is 2. The van der Waals surface area contributed by atoms with E-state index in [1.807, 2.05) is 73.7 Å². The number of halogens is 1. The summed E-state index contributed by atoms with van der Waals surface area (Å²) in [5, 5.41) is 0.558. The Morgan fingerprint density at radius 1 is 1.06 bits per heavy atom. The van der Waals surface area contributed by atoms with E-state index in [-0.39, 0.29) is 11.8 Å². The van der Waals surface area contributed by atoms with Crippen LogP contribution in [-0.2, 0) is 16.2 Å². The fourth-order valence-electron chi connectivity index (χ4n) is 4.36. The lowest BCUT2D eigenvalue weighted by atomic mass is 10.0. The Morgan fingerprint density at radius 2 is 1.81 bits per heavy atom. The predicted molar refractivity (Wildman–Crippen MR) is 125 cm³/mol. The summed E-state index contributed by atoms with van der Waals surface area (Å²) < 4.78 is 0. The summed E-state index contributed by atoms with van der Waals surface area (Å²) in [6.45, 7) is 2.94. The number of benzene rings is 3. The summed E-state index contributed by atoms with van der Waals surface area (Å²) in [6, 6.07) is 22.9. The molecule has 0 aliphatic carbocycles. The van der Waals surface area contributed by atoms with Crippen molar-refractivity contribution in [1.29, 1.82) is 0 Å². The summed E-state index contributed by atoms with van der Waals surface area (Å²) in [6.07, 6.45) is 0. The van der Waals surface area contributed by atoms with Crippen LogP contribution < -0.4 is 4.90 Å². The third kappa shape index (κ3) is 3.24. The molecule has 2 aliphatic rings. The number of rotatable bonds is 3. The van der Waals surface area contributed by atoms with Crippen LogP contribution in [-0.4, -0.2) is 29.0 Å². The van der Waals surface area contributed by atoms with E-state index in [9.17, 15) is 9.59 Å². The van der Waals surface area contributed by atoms with Crippen LogP contribution in [0.4, 0.5) is 5.69 Å². The molecule has 1 saturated heterocycles. The van der Waals surface area contributed by atoms with Gasteiger partial charge in [-0.1, -0.05) is 59.6 Å². The van der Waals surface area contributed by atoms with E-state index in [1.54, 1.807) is 15.9 Å².